The van der Waals surface area contributed by atoms with Crippen molar-refractivity contribution in [2.75, 3.05) is 7.11 Å². The van der Waals surface area contributed by atoms with Crippen LogP contribution in [0.15, 0.2) is 78.2 Å². The topological polar surface area (TPSA) is 41.6 Å². The van der Waals surface area contributed by atoms with Crippen molar-refractivity contribution in [2.45, 2.75) is 6.04 Å². The third-order valence-electron chi connectivity index (χ3n) is 4.34. The fourth-order valence-corrected chi connectivity index (χ4v) is 3.65. The Hall–Kier alpha value is -3.05. The minimum Gasteiger partial charge on any atom is -0.497 e. The lowest BCUT2D eigenvalue weighted by Gasteiger charge is -2.25. The van der Waals surface area contributed by atoms with Crippen LogP contribution in [0.2, 0.25) is 0 Å². The van der Waals surface area contributed by atoms with Crippen LogP contribution >= 0.6 is 11.3 Å². The SMILES string of the molecule is COc1ccc(C2C=C(c3ccccc3)NN2C(=O)c2cccs2)cc1. The summed E-state index contributed by atoms with van der Waals surface area (Å²) in [6.07, 6.45) is 2.09. The molecular formula is C21H18N2O2S. The molecule has 1 aromatic heterocycles. The molecule has 130 valence electrons. The van der Waals surface area contributed by atoms with Gasteiger partial charge in [-0.05, 0) is 40.8 Å². The molecule has 2 heterocycles. The van der Waals surface area contributed by atoms with E-state index in [0.29, 0.717) is 4.88 Å². The van der Waals surface area contributed by atoms with Gasteiger partial charge in [-0.3, -0.25) is 10.2 Å². The molecule has 0 saturated carbocycles. The standard InChI is InChI=1S/C21H18N2O2S/c1-25-17-11-9-16(10-12-17)19-14-18(15-6-3-2-4-7-15)22-23(19)21(24)20-8-5-13-26-20/h2-14,19,22H,1H3. The molecule has 0 aliphatic carbocycles. The van der Waals surface area contributed by atoms with Crippen LogP contribution in [-0.4, -0.2) is 18.0 Å². The highest BCUT2D eigenvalue weighted by atomic mass is 32.1. The third-order valence-corrected chi connectivity index (χ3v) is 5.19. The molecule has 0 spiro atoms. The summed E-state index contributed by atoms with van der Waals surface area (Å²) in [5.74, 6) is 0.756. The monoisotopic (exact) mass is 362 g/mol. The number of nitrogens with one attached hydrogen (secondary N) is 1. The molecule has 1 atom stereocenters. The summed E-state index contributed by atoms with van der Waals surface area (Å²) < 4.78 is 5.25. The molecule has 1 amide bonds. The molecule has 0 bridgehead atoms. The van der Waals surface area contributed by atoms with Gasteiger partial charge in [0.2, 0.25) is 0 Å². The Morgan fingerprint density at radius 3 is 2.46 bits per heavy atom. The van der Waals surface area contributed by atoms with Crippen molar-refractivity contribution in [1.29, 1.82) is 0 Å². The van der Waals surface area contributed by atoms with Crippen molar-refractivity contribution < 1.29 is 9.53 Å². The van der Waals surface area contributed by atoms with Crippen LogP contribution in [-0.2, 0) is 0 Å². The molecule has 3 aromatic rings. The first-order valence-electron chi connectivity index (χ1n) is 8.31. The molecule has 1 aliphatic heterocycles. The second-order valence-electron chi connectivity index (χ2n) is 5.93. The lowest BCUT2D eigenvalue weighted by Crippen LogP contribution is -2.39. The molecule has 0 fully saturated rings. The fraction of sp³-hybridized carbons (Fsp3) is 0.0952. The van der Waals surface area contributed by atoms with Crippen LogP contribution in [0.4, 0.5) is 0 Å². The maximum atomic E-state index is 13.0. The van der Waals surface area contributed by atoms with E-state index in [4.69, 9.17) is 4.74 Å². The van der Waals surface area contributed by atoms with E-state index in [1.807, 2.05) is 72.1 Å². The predicted molar refractivity (Wildman–Crippen MR) is 104 cm³/mol. The largest absolute Gasteiger partial charge is 0.497 e. The Morgan fingerprint density at radius 1 is 1.04 bits per heavy atom. The lowest BCUT2D eigenvalue weighted by atomic mass is 10.0. The molecule has 4 rings (SSSR count). The quantitative estimate of drug-likeness (QED) is 0.743. The van der Waals surface area contributed by atoms with E-state index >= 15 is 0 Å². The van der Waals surface area contributed by atoms with E-state index in [9.17, 15) is 4.79 Å². The summed E-state index contributed by atoms with van der Waals surface area (Å²) in [5, 5.41) is 3.60. The number of rotatable bonds is 4. The lowest BCUT2D eigenvalue weighted by molar-refractivity contribution is 0.0677. The van der Waals surface area contributed by atoms with Crippen molar-refractivity contribution in [2.24, 2.45) is 0 Å². The van der Waals surface area contributed by atoms with Crippen LogP contribution in [0, 0.1) is 0 Å². The molecule has 0 saturated heterocycles. The highest BCUT2D eigenvalue weighted by Crippen LogP contribution is 2.33. The van der Waals surface area contributed by atoms with E-state index in [0.717, 1.165) is 22.6 Å². The van der Waals surface area contributed by atoms with Crippen LogP contribution in [0.25, 0.3) is 5.70 Å². The van der Waals surface area contributed by atoms with Crippen molar-refractivity contribution in [3.05, 3.63) is 94.2 Å². The van der Waals surface area contributed by atoms with E-state index < -0.39 is 0 Å². The smallest absolute Gasteiger partial charge is 0.283 e. The van der Waals surface area contributed by atoms with Gasteiger partial charge in [0.05, 0.1) is 23.7 Å². The maximum absolute atomic E-state index is 13.0. The Labute approximate surface area is 156 Å². The molecular weight excluding hydrogens is 344 g/mol. The highest BCUT2D eigenvalue weighted by molar-refractivity contribution is 7.12. The molecule has 26 heavy (non-hydrogen) atoms. The summed E-state index contributed by atoms with van der Waals surface area (Å²) in [5.41, 5.74) is 6.29. The number of benzene rings is 2. The molecule has 1 aliphatic rings. The predicted octanol–water partition coefficient (Wildman–Crippen LogP) is 4.50. The average molecular weight is 362 g/mol. The third kappa shape index (κ3) is 3.09. The molecule has 1 unspecified atom stereocenters. The first kappa shape index (κ1) is 16.4. The van der Waals surface area contributed by atoms with E-state index in [1.54, 1.807) is 12.1 Å². The number of carbonyl (C=O) groups excluding carboxylic acids is 1. The number of carbonyl (C=O) groups is 1. The maximum Gasteiger partial charge on any atom is 0.283 e. The van der Waals surface area contributed by atoms with Crippen molar-refractivity contribution in [3.63, 3.8) is 0 Å². The first-order chi connectivity index (χ1) is 12.8. The van der Waals surface area contributed by atoms with Crippen molar-refractivity contribution in [3.8, 4) is 5.75 Å². The summed E-state index contributed by atoms with van der Waals surface area (Å²) in [6.45, 7) is 0. The minimum absolute atomic E-state index is 0.0389. The molecule has 5 heteroatoms. The summed E-state index contributed by atoms with van der Waals surface area (Å²) in [4.78, 5) is 13.7. The first-order valence-corrected chi connectivity index (χ1v) is 9.19. The Balaban J connectivity index is 1.71. The number of methoxy groups -OCH3 is 1. The normalized spacial score (nSPS) is 16.1. The van der Waals surface area contributed by atoms with Crippen molar-refractivity contribution in [1.82, 2.24) is 10.4 Å². The Kier molecular flexibility index (Phi) is 4.46. The summed E-state index contributed by atoms with van der Waals surface area (Å²) in [7, 11) is 1.65. The van der Waals surface area contributed by atoms with Gasteiger partial charge in [0.15, 0.2) is 0 Å². The van der Waals surface area contributed by atoms with Gasteiger partial charge < -0.3 is 4.74 Å². The van der Waals surface area contributed by atoms with Crippen LogP contribution < -0.4 is 10.2 Å². The minimum atomic E-state index is -0.189. The van der Waals surface area contributed by atoms with E-state index in [1.165, 1.54) is 11.3 Å². The number of hydrogen-bond donors (Lipinski definition) is 1. The summed E-state index contributed by atoms with van der Waals surface area (Å²) in [6, 6.07) is 21.4. The Morgan fingerprint density at radius 2 is 1.81 bits per heavy atom. The van der Waals surface area contributed by atoms with Crippen LogP contribution in [0.5, 0.6) is 5.75 Å². The van der Waals surface area contributed by atoms with Gasteiger partial charge in [0.25, 0.3) is 5.91 Å². The van der Waals surface area contributed by atoms with Crippen molar-refractivity contribution >= 4 is 22.9 Å². The van der Waals surface area contributed by atoms with Gasteiger partial charge in [0, 0.05) is 0 Å². The van der Waals surface area contributed by atoms with Gasteiger partial charge in [0.1, 0.15) is 5.75 Å². The van der Waals surface area contributed by atoms with Crippen LogP contribution in [0.1, 0.15) is 26.8 Å². The molecule has 2 aromatic carbocycles. The van der Waals surface area contributed by atoms with E-state index in [-0.39, 0.29) is 11.9 Å². The van der Waals surface area contributed by atoms with Gasteiger partial charge in [-0.15, -0.1) is 11.3 Å². The number of hydrazine groups is 1. The fourth-order valence-electron chi connectivity index (χ4n) is 2.99. The van der Waals surface area contributed by atoms with Gasteiger partial charge in [-0.1, -0.05) is 48.5 Å². The second kappa shape index (κ2) is 7.06. The van der Waals surface area contributed by atoms with Gasteiger partial charge in [-0.2, -0.15) is 0 Å². The zero-order chi connectivity index (χ0) is 17.9. The van der Waals surface area contributed by atoms with E-state index in [2.05, 4.69) is 11.5 Å². The summed E-state index contributed by atoms with van der Waals surface area (Å²) >= 11 is 1.44. The number of hydrogen-bond acceptors (Lipinski definition) is 4. The molecule has 0 radical (unpaired) electrons. The van der Waals surface area contributed by atoms with Crippen LogP contribution in [0.3, 0.4) is 0 Å². The Bertz CT molecular complexity index is 918. The molecule has 1 N–H and O–H groups in total. The number of thiophene rings is 1. The zero-order valence-corrected chi connectivity index (χ0v) is 15.1. The highest BCUT2D eigenvalue weighted by Gasteiger charge is 2.31. The van der Waals surface area contributed by atoms with Gasteiger partial charge in [-0.25, -0.2) is 5.01 Å². The zero-order valence-electron chi connectivity index (χ0n) is 14.3. The second-order valence-corrected chi connectivity index (χ2v) is 6.88. The average Bonchev–Trinajstić information content (AvgIpc) is 3.38. The molecule has 4 nitrogen and oxygen atoms in total. The van der Waals surface area contributed by atoms with Gasteiger partial charge >= 0.3 is 0 Å². The number of nitrogens with zero attached hydrogens (tertiary/aromatic N) is 1. The number of ether oxygens (including phenoxy) is 1. The number of amides is 1.